The maximum absolute atomic E-state index is 4.65. The molecule has 14 heteroatoms. The summed E-state index contributed by atoms with van der Waals surface area (Å²) in [5.41, 5.74) is 38.4. The van der Waals surface area contributed by atoms with Gasteiger partial charge in [0.1, 0.15) is 0 Å². The molecular weight excluding hydrogens is 2520 g/mol. The van der Waals surface area contributed by atoms with Crippen LogP contribution in [-0.4, -0.2) is 34.9 Å². The fourth-order valence-corrected chi connectivity index (χ4v) is 15.9. The number of aromatic nitrogens is 8. The first-order valence-corrected chi connectivity index (χ1v) is 48.0. The first-order valence-electron chi connectivity index (χ1n) is 48.0. The molecule has 22 aromatic rings. The smallest absolute Gasteiger partial charge is 0.555 e. The first-order chi connectivity index (χ1) is 71.1. The molecule has 0 aliphatic carbocycles. The van der Waals surface area contributed by atoms with Crippen molar-refractivity contribution >= 4 is 5.69 Å². The zero-order valence-electron chi connectivity index (χ0n) is 82.2. The third-order valence-electron chi connectivity index (χ3n) is 23.1. The molecule has 0 saturated heterocycles. The predicted molar refractivity (Wildman–Crippen MR) is 590 cm³/mol. The van der Waals surface area contributed by atoms with Gasteiger partial charge in [-0.3, -0.25) is 0 Å². The number of hydrogen-bond acceptors (Lipinski definition) is 8. The number of nitrogens with zero attached hydrogens (tertiary/aromatic N) is 10. The molecule has 3 radical (unpaired) electrons. The van der Waals surface area contributed by atoms with Gasteiger partial charge in [-0.05, 0) is 159 Å². The quantitative estimate of drug-likeness (QED) is 0.0737. The first kappa shape index (κ1) is 111. The van der Waals surface area contributed by atoms with Crippen LogP contribution in [0.4, 0.5) is 5.69 Å². The zero-order chi connectivity index (χ0) is 98.6. The minimum absolute atomic E-state index is 0. The molecule has 24 rings (SSSR count). The molecule has 2 aliphatic rings. The van der Waals surface area contributed by atoms with Gasteiger partial charge in [0, 0.05) is 126 Å². The van der Waals surface area contributed by atoms with E-state index in [-0.39, 0.29) is 86.5 Å². The van der Waals surface area contributed by atoms with E-state index in [4.69, 9.17) is 0 Å². The third-order valence-corrected chi connectivity index (χ3v) is 23.1. The van der Waals surface area contributed by atoms with Gasteiger partial charge in [0.2, 0.25) is 5.69 Å². The van der Waals surface area contributed by atoms with Gasteiger partial charge >= 0.3 is 20.1 Å². The van der Waals surface area contributed by atoms with E-state index in [0.29, 0.717) is 5.92 Å². The largest absolute Gasteiger partial charge is 3.00 e. The summed E-state index contributed by atoms with van der Waals surface area (Å²) in [7, 11) is 0. The molecule has 0 N–H and O–H groups in total. The Labute approximate surface area is 926 Å². The van der Waals surface area contributed by atoms with Crippen molar-refractivity contribution in [2.75, 3.05) is 5.01 Å². The number of rotatable bonds is 15. The molecule has 148 heavy (non-hydrogen) atoms. The molecule has 10 heterocycles. The molecular formula is C134H106Ir4N10-5. The Balaban J connectivity index is 0.000000148. The number of aryl methyl sites for hydroxylation is 2. The number of hydrogen-bond donors (Lipinski definition) is 0. The molecule has 0 saturated carbocycles. The molecule has 0 bridgehead atoms. The minimum atomic E-state index is 0. The van der Waals surface area contributed by atoms with E-state index in [1.54, 1.807) is 24.8 Å². The van der Waals surface area contributed by atoms with E-state index < -0.39 is 0 Å². The van der Waals surface area contributed by atoms with Crippen LogP contribution in [0.3, 0.4) is 0 Å². The van der Waals surface area contributed by atoms with E-state index in [1.165, 1.54) is 72.5 Å². The summed E-state index contributed by atoms with van der Waals surface area (Å²) in [6.07, 6.45) is 18.3. The van der Waals surface area contributed by atoms with E-state index in [2.05, 4.69) is 297 Å². The summed E-state index contributed by atoms with van der Waals surface area (Å²) < 4.78 is 2.30. The van der Waals surface area contributed by atoms with Crippen LogP contribution in [0.5, 0.6) is 0 Å². The normalized spacial score (nSPS) is 11.1. The molecule has 733 valence electrons. The van der Waals surface area contributed by atoms with Crippen molar-refractivity contribution in [3.8, 4) is 135 Å². The van der Waals surface area contributed by atoms with E-state index in [1.807, 2.05) is 339 Å². The molecule has 8 aromatic heterocycles. The van der Waals surface area contributed by atoms with Crippen LogP contribution in [0.25, 0.3) is 140 Å². The molecule has 10 nitrogen and oxygen atoms in total. The van der Waals surface area contributed by atoms with Gasteiger partial charge in [0.15, 0.2) is 12.7 Å². The van der Waals surface area contributed by atoms with Crippen LogP contribution in [0.2, 0.25) is 0 Å². The van der Waals surface area contributed by atoms with Gasteiger partial charge in [0.25, 0.3) is 0 Å². The van der Waals surface area contributed by atoms with Crippen LogP contribution in [0.1, 0.15) is 47.8 Å². The Bertz CT molecular complexity index is 7180. The Kier molecular flexibility index (Phi) is 45.3. The Morgan fingerprint density at radius 3 is 1.18 bits per heavy atom. The van der Waals surface area contributed by atoms with Crippen molar-refractivity contribution in [3.63, 3.8) is 0 Å². The maximum atomic E-state index is 4.65. The summed E-state index contributed by atoms with van der Waals surface area (Å²) >= 11 is 0. The van der Waals surface area contributed by atoms with Crippen LogP contribution >= 0.6 is 0 Å². The number of pyridine rings is 8. The van der Waals surface area contributed by atoms with Gasteiger partial charge in [-0.2, -0.15) is 28.8 Å². The summed E-state index contributed by atoms with van der Waals surface area (Å²) in [6.45, 7) is 9.65. The monoisotopic (exact) mass is 2630 g/mol. The summed E-state index contributed by atoms with van der Waals surface area (Å²) in [5.74, 6) is 0.641. The van der Waals surface area contributed by atoms with Gasteiger partial charge in [-0.15, -0.1) is 257 Å². The molecule has 1 unspecified atom stereocenters. The van der Waals surface area contributed by atoms with Crippen LogP contribution in [0, 0.1) is 68.3 Å². The summed E-state index contributed by atoms with van der Waals surface area (Å²) in [5, 5.41) is 1.87. The second-order valence-corrected chi connectivity index (χ2v) is 33.8. The zero-order valence-corrected chi connectivity index (χ0v) is 91.8. The van der Waals surface area contributed by atoms with Gasteiger partial charge < -0.3 is 45.3 Å². The summed E-state index contributed by atoms with van der Waals surface area (Å²) in [6, 6.07) is 186. The van der Waals surface area contributed by atoms with E-state index in [9.17, 15) is 0 Å². The molecule has 14 aromatic carbocycles. The minimum Gasteiger partial charge on any atom is -0.555 e. The second-order valence-electron chi connectivity index (χ2n) is 33.8. The van der Waals surface area contributed by atoms with Crippen LogP contribution in [0.15, 0.2) is 535 Å². The fraction of sp³-hybridized carbons (Fsp3) is 0.0597. The summed E-state index contributed by atoms with van der Waals surface area (Å²) in [4.78, 5) is 30.7. The standard InChI is InChI=1S/3C18H14N.C17H12N.C15H12N2.C15H16N.3C11H8N.4Ir/c1-2-6-14(7-3-1)15-9-10-16-13-19-11-5-4-8-18(19)17(16)12-15;1-14-12-18(16-10-6-3-7-11-16)19-13-17(14)15-8-4-2-5-9-15;1-14-7-5-6-10-17(14)16-11-12-18(19-13-16)15-8-3-2-4-9-15;1-2-7-14(8-3-1)15-9-6-10-16(13-15)17-11-4-5-12-18-17;1-3-7-13(8-4-1)15-11-12-17(16-15)14-9-5-2-6-10-14;1-12(2)11-14-9-6-10-15(16-14)13-7-4-3-5-8-13;3*1-2-6-10(7-3-1)11-8-4-5-9-12-11;;;;/h1-12H,13H2;2-10,12-13H,1H3;2-8,10-13H,1H3;1-9,11-13H;1-9,11-12,15H;3-7,9-10,12H,11H2,1-2H3;3*1-6,8-9H;;;;/q+1;3*-1;-2;4*-1;;;;+3. The molecule has 2 aliphatic heterocycles. The molecule has 0 fully saturated rings. The Morgan fingerprint density at radius 1 is 0.304 bits per heavy atom. The Morgan fingerprint density at radius 2 is 0.716 bits per heavy atom. The Hall–Kier alpha value is -15.6. The van der Waals surface area contributed by atoms with Crippen molar-refractivity contribution in [2.24, 2.45) is 5.92 Å². The van der Waals surface area contributed by atoms with Crippen molar-refractivity contribution < 1.29 is 85.0 Å². The SMILES string of the molecule is CC(C)Cc1cccc(-c2[c-]cccc2)n1.Cc1cc(-c2[c-]cccc2)ncc1-c1ccccc1.Cc1ccccc1-c1ccc(-c2[c-]cccc2)nc1.[Ir+3].[Ir].[Ir].[Ir].[c-]1ccc(-c2ccccc2)cc1-c1ccccn1.[c-]1ccccc1-c1ccccn1.[c-]1ccccc1-c1ccccn1.[c-]1ccccc1-c1ccccn1.[c-]1ccccc1N1C=CC(c2ccccc2)[N-]1.c1ccc(-c2ccc3c(c2)-c2cccc[n+]2C3)cc1. The third kappa shape index (κ3) is 33.5. The van der Waals surface area contributed by atoms with E-state index in [0.717, 1.165) is 109 Å². The average molecular weight is 2630 g/mol. The molecule has 0 spiro atoms. The van der Waals surface area contributed by atoms with Crippen LogP contribution < -0.4 is 9.58 Å². The second kappa shape index (κ2) is 60.3. The fourth-order valence-electron chi connectivity index (χ4n) is 15.9. The van der Waals surface area contributed by atoms with Gasteiger partial charge in [-0.1, -0.05) is 274 Å². The number of anilines is 1. The van der Waals surface area contributed by atoms with Crippen molar-refractivity contribution in [1.29, 1.82) is 0 Å². The topological polar surface area (TPSA) is 111 Å². The number of fused-ring (bicyclic) bond motifs is 3. The molecule has 1 atom stereocenters. The van der Waals surface area contributed by atoms with Gasteiger partial charge in [0.05, 0.1) is 5.56 Å². The average Bonchev–Trinajstić information content (AvgIpc) is 1.63. The van der Waals surface area contributed by atoms with Crippen LogP contribution in [-0.2, 0) is 93.4 Å². The van der Waals surface area contributed by atoms with Crippen molar-refractivity contribution in [2.45, 2.75) is 46.7 Å². The maximum Gasteiger partial charge on any atom is 3.00 e. The van der Waals surface area contributed by atoms with Gasteiger partial charge in [-0.25, -0.2) is 0 Å². The number of benzene rings is 14. The van der Waals surface area contributed by atoms with E-state index >= 15 is 0 Å². The predicted octanol–water partition coefficient (Wildman–Crippen LogP) is 32.2. The van der Waals surface area contributed by atoms with Crippen molar-refractivity contribution in [3.05, 3.63) is 617 Å². The number of para-hydroxylation sites is 1. The molecule has 0 amide bonds. The van der Waals surface area contributed by atoms with Crippen molar-refractivity contribution in [1.82, 2.24) is 34.9 Å².